The van der Waals surface area contributed by atoms with E-state index in [9.17, 15) is 14.0 Å². The molecule has 1 aromatic carbocycles. The van der Waals surface area contributed by atoms with Crippen LogP contribution in [0, 0.1) is 5.82 Å². The van der Waals surface area contributed by atoms with Gasteiger partial charge in [-0.25, -0.2) is 9.18 Å². The fraction of sp³-hybridized carbons (Fsp3) is 0.680. The number of hydrogen-bond acceptors (Lipinski definition) is 4. The lowest BCUT2D eigenvalue weighted by Crippen LogP contribution is -2.49. The molecule has 0 N–H and O–H groups in total. The highest BCUT2D eigenvalue weighted by molar-refractivity contribution is 5.94. The van der Waals surface area contributed by atoms with E-state index in [1.54, 1.807) is 19.1 Å². The number of piperidine rings is 1. The minimum atomic E-state index is -0.477. The van der Waals surface area contributed by atoms with Gasteiger partial charge in [0.25, 0.3) is 0 Å². The number of ether oxygens (including phenoxy) is 1. The van der Waals surface area contributed by atoms with Crippen LogP contribution < -0.4 is 4.90 Å². The molecule has 1 aromatic rings. The van der Waals surface area contributed by atoms with Crippen LogP contribution >= 0.6 is 0 Å². The van der Waals surface area contributed by atoms with Crippen LogP contribution in [0.5, 0.6) is 0 Å². The van der Waals surface area contributed by atoms with Crippen molar-refractivity contribution in [1.29, 1.82) is 0 Å². The molecule has 0 saturated carbocycles. The Morgan fingerprint density at radius 2 is 1.81 bits per heavy atom. The topological polar surface area (TPSA) is 53.1 Å². The predicted molar refractivity (Wildman–Crippen MR) is 122 cm³/mol. The van der Waals surface area contributed by atoms with Crippen LogP contribution in [0.2, 0.25) is 0 Å². The Hall–Kier alpha value is -2.15. The van der Waals surface area contributed by atoms with Crippen molar-refractivity contribution in [3.8, 4) is 0 Å². The van der Waals surface area contributed by atoms with Crippen LogP contribution in [0.15, 0.2) is 18.2 Å². The Morgan fingerprint density at radius 1 is 1.09 bits per heavy atom. The minimum absolute atomic E-state index is 0.0168. The standard InChI is InChI=1S/C25H36FN3O3/c1-18(30)29-17-25(21-16-19(26)7-8-22(21)29)10-14-27(15-11-25)20-6-5-12-28(13-9-20)23(31)32-24(2,3)4/h7-8,16,20H,5-6,9-15,17H2,1-4H3/t20-/m0/s1. The molecule has 7 heteroatoms. The summed E-state index contributed by atoms with van der Waals surface area (Å²) in [5, 5.41) is 0. The van der Waals surface area contributed by atoms with Crippen molar-refractivity contribution in [2.75, 3.05) is 37.6 Å². The van der Waals surface area contributed by atoms with Crippen molar-refractivity contribution in [2.24, 2.45) is 0 Å². The summed E-state index contributed by atoms with van der Waals surface area (Å²) in [6, 6.07) is 5.28. The van der Waals surface area contributed by atoms with Gasteiger partial charge in [0.15, 0.2) is 0 Å². The number of rotatable bonds is 1. The van der Waals surface area contributed by atoms with Crippen molar-refractivity contribution < 1.29 is 18.7 Å². The molecule has 2 saturated heterocycles. The largest absolute Gasteiger partial charge is 0.444 e. The van der Waals surface area contributed by atoms with Crippen molar-refractivity contribution in [1.82, 2.24) is 9.80 Å². The molecule has 6 nitrogen and oxygen atoms in total. The third-order valence-electron chi connectivity index (χ3n) is 7.28. The first-order chi connectivity index (χ1) is 15.1. The van der Waals surface area contributed by atoms with E-state index < -0.39 is 5.60 Å². The summed E-state index contributed by atoms with van der Waals surface area (Å²) in [7, 11) is 0. The third-order valence-corrected chi connectivity index (χ3v) is 7.28. The van der Waals surface area contributed by atoms with E-state index in [0.717, 1.165) is 63.0 Å². The monoisotopic (exact) mass is 445 g/mol. The fourth-order valence-corrected chi connectivity index (χ4v) is 5.62. The Bertz CT molecular complexity index is 874. The van der Waals surface area contributed by atoms with Crippen molar-refractivity contribution in [3.05, 3.63) is 29.6 Å². The molecule has 2 fully saturated rings. The third kappa shape index (κ3) is 4.63. The molecular formula is C25H36FN3O3. The number of benzene rings is 1. The van der Waals surface area contributed by atoms with Gasteiger partial charge in [0.2, 0.25) is 5.91 Å². The first-order valence-corrected chi connectivity index (χ1v) is 11.9. The molecule has 3 aliphatic rings. The van der Waals surface area contributed by atoms with Gasteiger partial charge in [0, 0.05) is 43.7 Å². The summed E-state index contributed by atoms with van der Waals surface area (Å²) < 4.78 is 19.6. The SMILES string of the molecule is CC(=O)N1CC2(CCN([C@H]3CCCN(C(=O)OC(C)(C)C)CC3)CC2)c2cc(F)ccc21. The lowest BCUT2D eigenvalue weighted by Gasteiger charge is -2.43. The second-order valence-corrected chi connectivity index (χ2v) is 10.6. The molecule has 176 valence electrons. The maximum atomic E-state index is 14.1. The number of likely N-dealkylation sites (tertiary alicyclic amines) is 2. The van der Waals surface area contributed by atoms with Crippen LogP contribution in [0.25, 0.3) is 0 Å². The molecule has 0 unspecified atom stereocenters. The van der Waals surface area contributed by atoms with Gasteiger partial charge in [-0.2, -0.15) is 0 Å². The highest BCUT2D eigenvalue weighted by atomic mass is 19.1. The van der Waals surface area contributed by atoms with E-state index in [1.807, 2.05) is 30.6 Å². The number of fused-ring (bicyclic) bond motifs is 2. The number of halogens is 1. The van der Waals surface area contributed by atoms with Crippen molar-refractivity contribution in [3.63, 3.8) is 0 Å². The van der Waals surface area contributed by atoms with Gasteiger partial charge in [-0.05, 0) is 89.7 Å². The first-order valence-electron chi connectivity index (χ1n) is 11.9. The summed E-state index contributed by atoms with van der Waals surface area (Å²) in [4.78, 5) is 30.9. The summed E-state index contributed by atoms with van der Waals surface area (Å²) in [5.74, 6) is -0.217. The highest BCUT2D eigenvalue weighted by Crippen LogP contribution is 2.47. The van der Waals surface area contributed by atoms with E-state index in [-0.39, 0.29) is 23.2 Å². The summed E-state index contributed by atoms with van der Waals surface area (Å²) in [5.41, 5.74) is 1.22. The molecular weight excluding hydrogens is 409 g/mol. The maximum Gasteiger partial charge on any atom is 0.410 e. The number of carbonyl (C=O) groups is 2. The molecule has 3 aliphatic heterocycles. The average Bonchev–Trinajstić information content (AvgIpc) is 2.87. The van der Waals surface area contributed by atoms with Crippen LogP contribution in [0.4, 0.5) is 14.9 Å². The summed E-state index contributed by atoms with van der Waals surface area (Å²) in [6.45, 7) is 11.2. The highest BCUT2D eigenvalue weighted by Gasteiger charge is 2.46. The van der Waals surface area contributed by atoms with Crippen LogP contribution in [0.3, 0.4) is 0 Å². The maximum absolute atomic E-state index is 14.1. The summed E-state index contributed by atoms with van der Waals surface area (Å²) >= 11 is 0. The first kappa shape index (κ1) is 23.0. The quantitative estimate of drug-likeness (QED) is 0.646. The van der Waals surface area contributed by atoms with Gasteiger partial charge in [-0.3, -0.25) is 4.79 Å². The number of anilines is 1. The second-order valence-electron chi connectivity index (χ2n) is 10.6. The van der Waals surface area contributed by atoms with Gasteiger partial charge < -0.3 is 19.4 Å². The zero-order chi connectivity index (χ0) is 23.1. The van der Waals surface area contributed by atoms with E-state index in [2.05, 4.69) is 4.90 Å². The predicted octanol–water partition coefficient (Wildman–Crippen LogP) is 4.32. The number of hydrogen-bond donors (Lipinski definition) is 0. The van der Waals surface area contributed by atoms with Crippen LogP contribution in [-0.4, -0.2) is 66.2 Å². The van der Waals surface area contributed by atoms with Gasteiger partial charge >= 0.3 is 6.09 Å². The lowest BCUT2D eigenvalue weighted by molar-refractivity contribution is -0.116. The van der Waals surface area contributed by atoms with Crippen LogP contribution in [-0.2, 0) is 14.9 Å². The zero-order valence-electron chi connectivity index (χ0n) is 19.8. The molecule has 0 bridgehead atoms. The van der Waals surface area contributed by atoms with E-state index in [0.29, 0.717) is 19.1 Å². The molecule has 0 radical (unpaired) electrons. The summed E-state index contributed by atoms with van der Waals surface area (Å²) in [6.07, 6.45) is 4.59. The number of carbonyl (C=O) groups excluding carboxylic acids is 2. The van der Waals surface area contributed by atoms with Crippen LogP contribution in [0.1, 0.15) is 65.4 Å². The van der Waals surface area contributed by atoms with Gasteiger partial charge in [-0.1, -0.05) is 0 Å². The second kappa shape index (κ2) is 8.65. The van der Waals surface area contributed by atoms with Crippen molar-refractivity contribution >= 4 is 17.7 Å². The van der Waals surface area contributed by atoms with Gasteiger partial charge in [-0.15, -0.1) is 0 Å². The van der Waals surface area contributed by atoms with E-state index in [4.69, 9.17) is 4.74 Å². The molecule has 32 heavy (non-hydrogen) atoms. The zero-order valence-corrected chi connectivity index (χ0v) is 19.8. The Labute approximate surface area is 190 Å². The van der Waals surface area contributed by atoms with E-state index in [1.165, 1.54) is 6.07 Å². The van der Waals surface area contributed by atoms with E-state index >= 15 is 0 Å². The normalized spacial score (nSPS) is 23.7. The molecule has 1 atom stereocenters. The number of amides is 2. The molecule has 0 aliphatic carbocycles. The molecule has 0 aromatic heterocycles. The van der Waals surface area contributed by atoms with Gasteiger partial charge in [0.1, 0.15) is 11.4 Å². The molecule has 3 heterocycles. The minimum Gasteiger partial charge on any atom is -0.444 e. The number of nitrogens with zero attached hydrogens (tertiary/aromatic N) is 3. The molecule has 2 amide bonds. The Kier molecular flexibility index (Phi) is 6.23. The smallest absolute Gasteiger partial charge is 0.410 e. The fourth-order valence-electron chi connectivity index (χ4n) is 5.62. The van der Waals surface area contributed by atoms with Gasteiger partial charge in [0.05, 0.1) is 0 Å². The lowest BCUT2D eigenvalue weighted by atomic mass is 9.74. The molecule has 4 rings (SSSR count). The van der Waals surface area contributed by atoms with Crippen molar-refractivity contribution in [2.45, 2.75) is 76.9 Å². The average molecular weight is 446 g/mol. The molecule has 1 spiro atoms. The Balaban J connectivity index is 1.40. The Morgan fingerprint density at radius 3 is 2.47 bits per heavy atom.